The summed E-state index contributed by atoms with van der Waals surface area (Å²) in [6, 6.07) is 0.287. The number of rotatable bonds is 3. The molecule has 0 saturated carbocycles. The van der Waals surface area contributed by atoms with Crippen LogP contribution in [0.3, 0.4) is 0 Å². The summed E-state index contributed by atoms with van der Waals surface area (Å²) in [6.45, 7) is 5.75. The van der Waals surface area contributed by atoms with Gasteiger partial charge in [-0.2, -0.15) is 0 Å². The third kappa shape index (κ3) is 2.93. The molecule has 2 heterocycles. The molecule has 5 heteroatoms. The van der Waals surface area contributed by atoms with Gasteiger partial charge in [-0.25, -0.2) is 9.97 Å². The highest BCUT2D eigenvalue weighted by atomic mass is 16.2. The van der Waals surface area contributed by atoms with Crippen molar-refractivity contribution in [3.8, 4) is 0 Å². The standard InChI is InChI=1S/C12H18N4O/c1-9(2)15-12-13-7-10(8-14-12)11(17)16-5-3-4-6-16/h7-9H,3-6H2,1-2H3,(H,13,14,15). The maximum Gasteiger partial charge on any atom is 0.256 e. The third-order valence-electron chi connectivity index (χ3n) is 2.71. The molecule has 1 aromatic heterocycles. The van der Waals surface area contributed by atoms with Gasteiger partial charge in [0.1, 0.15) is 0 Å². The first kappa shape index (κ1) is 11.8. The maximum absolute atomic E-state index is 12.0. The fraction of sp³-hybridized carbons (Fsp3) is 0.583. The number of likely N-dealkylation sites (tertiary alicyclic amines) is 1. The van der Waals surface area contributed by atoms with Crippen molar-refractivity contribution in [2.75, 3.05) is 18.4 Å². The summed E-state index contributed by atoms with van der Waals surface area (Å²) in [7, 11) is 0. The normalized spacial score (nSPS) is 15.4. The number of carbonyl (C=O) groups excluding carboxylic acids is 1. The van der Waals surface area contributed by atoms with Crippen LogP contribution in [-0.4, -0.2) is 39.9 Å². The van der Waals surface area contributed by atoms with Crippen molar-refractivity contribution in [2.24, 2.45) is 0 Å². The zero-order chi connectivity index (χ0) is 12.3. The molecule has 0 radical (unpaired) electrons. The number of hydrogen-bond acceptors (Lipinski definition) is 4. The highest BCUT2D eigenvalue weighted by Crippen LogP contribution is 2.12. The van der Waals surface area contributed by atoms with Gasteiger partial charge in [-0.15, -0.1) is 0 Å². The molecule has 92 valence electrons. The SMILES string of the molecule is CC(C)Nc1ncc(C(=O)N2CCCC2)cn1. The molecule has 1 saturated heterocycles. The van der Waals surface area contributed by atoms with Crippen LogP contribution in [0.25, 0.3) is 0 Å². The molecule has 1 aromatic rings. The molecule has 1 fully saturated rings. The summed E-state index contributed by atoms with van der Waals surface area (Å²) in [4.78, 5) is 22.1. The molecule has 0 aliphatic carbocycles. The van der Waals surface area contributed by atoms with Crippen molar-refractivity contribution < 1.29 is 4.79 Å². The second-order valence-corrected chi connectivity index (χ2v) is 4.59. The van der Waals surface area contributed by atoms with E-state index in [-0.39, 0.29) is 11.9 Å². The summed E-state index contributed by atoms with van der Waals surface area (Å²) in [5.74, 6) is 0.608. The monoisotopic (exact) mass is 234 g/mol. The van der Waals surface area contributed by atoms with E-state index < -0.39 is 0 Å². The number of aromatic nitrogens is 2. The van der Waals surface area contributed by atoms with Crippen molar-refractivity contribution in [3.05, 3.63) is 18.0 Å². The van der Waals surface area contributed by atoms with Crippen LogP contribution < -0.4 is 5.32 Å². The summed E-state index contributed by atoms with van der Waals surface area (Å²) >= 11 is 0. The Bertz CT molecular complexity index is 382. The largest absolute Gasteiger partial charge is 0.352 e. The molecule has 0 spiro atoms. The Balaban J connectivity index is 2.04. The second kappa shape index (κ2) is 5.12. The lowest BCUT2D eigenvalue weighted by Crippen LogP contribution is -2.28. The van der Waals surface area contributed by atoms with E-state index >= 15 is 0 Å². The van der Waals surface area contributed by atoms with Crippen LogP contribution in [0.2, 0.25) is 0 Å². The number of carbonyl (C=O) groups is 1. The van der Waals surface area contributed by atoms with E-state index in [1.54, 1.807) is 12.4 Å². The Labute approximate surface area is 101 Å². The molecule has 2 rings (SSSR count). The summed E-state index contributed by atoms with van der Waals surface area (Å²) in [6.07, 6.45) is 5.38. The van der Waals surface area contributed by atoms with Gasteiger partial charge in [0, 0.05) is 31.5 Å². The minimum atomic E-state index is 0.0404. The summed E-state index contributed by atoms with van der Waals surface area (Å²) in [5, 5.41) is 3.09. The summed E-state index contributed by atoms with van der Waals surface area (Å²) in [5.41, 5.74) is 0.571. The van der Waals surface area contributed by atoms with Crippen LogP contribution in [0.5, 0.6) is 0 Å². The first-order valence-electron chi connectivity index (χ1n) is 6.04. The molecule has 1 aliphatic rings. The first-order valence-corrected chi connectivity index (χ1v) is 6.04. The average Bonchev–Trinajstić information content (AvgIpc) is 2.82. The van der Waals surface area contributed by atoms with E-state index in [9.17, 15) is 4.79 Å². The minimum Gasteiger partial charge on any atom is -0.352 e. The van der Waals surface area contributed by atoms with Gasteiger partial charge in [-0.3, -0.25) is 4.79 Å². The van der Waals surface area contributed by atoms with Crippen LogP contribution in [0, 0.1) is 0 Å². The maximum atomic E-state index is 12.0. The van der Waals surface area contributed by atoms with Crippen LogP contribution in [-0.2, 0) is 0 Å². The molecule has 5 nitrogen and oxygen atoms in total. The first-order chi connectivity index (χ1) is 8.16. The smallest absolute Gasteiger partial charge is 0.256 e. The summed E-state index contributed by atoms with van der Waals surface area (Å²) < 4.78 is 0. The minimum absolute atomic E-state index is 0.0404. The molecule has 1 N–H and O–H groups in total. The van der Waals surface area contributed by atoms with Crippen molar-refractivity contribution in [1.82, 2.24) is 14.9 Å². The predicted molar refractivity (Wildman–Crippen MR) is 65.9 cm³/mol. The molecular weight excluding hydrogens is 216 g/mol. The Hall–Kier alpha value is -1.65. The lowest BCUT2D eigenvalue weighted by atomic mass is 10.3. The van der Waals surface area contributed by atoms with Gasteiger partial charge >= 0.3 is 0 Å². The van der Waals surface area contributed by atoms with E-state index in [2.05, 4.69) is 15.3 Å². The van der Waals surface area contributed by atoms with Crippen LogP contribution >= 0.6 is 0 Å². The highest BCUT2D eigenvalue weighted by Gasteiger charge is 2.19. The van der Waals surface area contributed by atoms with Crippen LogP contribution in [0.1, 0.15) is 37.0 Å². The highest BCUT2D eigenvalue weighted by molar-refractivity contribution is 5.93. The zero-order valence-electron chi connectivity index (χ0n) is 10.3. The molecule has 1 aliphatic heterocycles. The van der Waals surface area contributed by atoms with E-state index in [1.807, 2.05) is 18.7 Å². The van der Waals surface area contributed by atoms with E-state index in [4.69, 9.17) is 0 Å². The average molecular weight is 234 g/mol. The van der Waals surface area contributed by atoms with E-state index in [0.717, 1.165) is 25.9 Å². The Morgan fingerprint density at radius 3 is 2.41 bits per heavy atom. The predicted octanol–water partition coefficient (Wildman–Crippen LogP) is 1.53. The van der Waals surface area contributed by atoms with E-state index in [1.165, 1.54) is 0 Å². The quantitative estimate of drug-likeness (QED) is 0.861. The number of nitrogens with zero attached hydrogens (tertiary/aromatic N) is 3. The van der Waals surface area contributed by atoms with Crippen molar-refractivity contribution >= 4 is 11.9 Å². The van der Waals surface area contributed by atoms with Gasteiger partial charge in [-0.1, -0.05) is 0 Å². The Morgan fingerprint density at radius 1 is 1.29 bits per heavy atom. The van der Waals surface area contributed by atoms with Gasteiger partial charge in [0.05, 0.1) is 5.56 Å². The van der Waals surface area contributed by atoms with Crippen molar-refractivity contribution in [1.29, 1.82) is 0 Å². The number of nitrogens with one attached hydrogen (secondary N) is 1. The van der Waals surface area contributed by atoms with Gasteiger partial charge in [0.25, 0.3) is 5.91 Å². The molecule has 1 amide bonds. The number of amides is 1. The Morgan fingerprint density at radius 2 is 1.88 bits per heavy atom. The van der Waals surface area contributed by atoms with Gasteiger partial charge in [0.2, 0.25) is 5.95 Å². The van der Waals surface area contributed by atoms with Crippen molar-refractivity contribution in [2.45, 2.75) is 32.7 Å². The molecule has 0 bridgehead atoms. The van der Waals surface area contributed by atoms with E-state index in [0.29, 0.717) is 11.5 Å². The molecule has 0 unspecified atom stereocenters. The van der Waals surface area contributed by atoms with Crippen LogP contribution in [0.4, 0.5) is 5.95 Å². The topological polar surface area (TPSA) is 58.1 Å². The molecule has 0 atom stereocenters. The molecule has 17 heavy (non-hydrogen) atoms. The van der Waals surface area contributed by atoms with Crippen molar-refractivity contribution in [3.63, 3.8) is 0 Å². The fourth-order valence-electron chi connectivity index (χ4n) is 1.87. The van der Waals surface area contributed by atoms with Gasteiger partial charge in [-0.05, 0) is 26.7 Å². The number of hydrogen-bond donors (Lipinski definition) is 1. The third-order valence-corrected chi connectivity index (χ3v) is 2.71. The molecular formula is C12H18N4O. The molecule has 0 aromatic carbocycles. The number of anilines is 1. The lowest BCUT2D eigenvalue weighted by molar-refractivity contribution is 0.0792. The zero-order valence-corrected chi connectivity index (χ0v) is 10.3. The van der Waals surface area contributed by atoms with Gasteiger partial charge < -0.3 is 10.2 Å². The van der Waals surface area contributed by atoms with Crippen LogP contribution in [0.15, 0.2) is 12.4 Å². The van der Waals surface area contributed by atoms with Gasteiger partial charge in [0.15, 0.2) is 0 Å². The fourth-order valence-corrected chi connectivity index (χ4v) is 1.87. The lowest BCUT2D eigenvalue weighted by Gasteiger charge is -2.15. The Kier molecular flexibility index (Phi) is 3.56. The second-order valence-electron chi connectivity index (χ2n) is 4.59.